The van der Waals surface area contributed by atoms with E-state index in [1.165, 1.54) is 38.5 Å². The molecule has 0 atom stereocenters. The Labute approximate surface area is 207 Å². The van der Waals surface area contributed by atoms with Crippen molar-refractivity contribution in [2.24, 2.45) is 16.7 Å². The SMILES string of the molecule is CC(C)(C)C(=O)Sc1cc(Cl)c(Cl)cc1NC(=O)C1(CCC2CCCCC2)CCCCC1. The minimum Gasteiger partial charge on any atom is -0.325 e. The van der Waals surface area contributed by atoms with Gasteiger partial charge in [-0.2, -0.15) is 0 Å². The summed E-state index contributed by atoms with van der Waals surface area (Å²) in [5.74, 6) is 0.840. The van der Waals surface area contributed by atoms with Crippen molar-refractivity contribution in [3.63, 3.8) is 0 Å². The Morgan fingerprint density at radius 3 is 2.22 bits per heavy atom. The van der Waals surface area contributed by atoms with Gasteiger partial charge in [-0.05, 0) is 55.5 Å². The number of anilines is 1. The number of carbonyl (C=O) groups is 2. The van der Waals surface area contributed by atoms with E-state index >= 15 is 0 Å². The van der Waals surface area contributed by atoms with Gasteiger partial charge in [0.05, 0.1) is 15.7 Å². The highest BCUT2D eigenvalue weighted by Gasteiger charge is 2.40. The van der Waals surface area contributed by atoms with Crippen LogP contribution in [0.3, 0.4) is 0 Å². The lowest BCUT2D eigenvalue weighted by Gasteiger charge is -2.37. The lowest BCUT2D eigenvalue weighted by atomic mass is 9.68. The molecule has 2 saturated carbocycles. The lowest BCUT2D eigenvalue weighted by molar-refractivity contribution is -0.128. The highest BCUT2D eigenvalue weighted by Crippen LogP contribution is 2.45. The van der Waals surface area contributed by atoms with Gasteiger partial charge in [0, 0.05) is 15.7 Å². The average molecular weight is 499 g/mol. The average Bonchev–Trinajstić information content (AvgIpc) is 2.76. The molecule has 0 unspecified atom stereocenters. The molecular weight excluding hydrogens is 461 g/mol. The third-order valence-electron chi connectivity index (χ3n) is 7.13. The first kappa shape index (κ1) is 25.9. The second kappa shape index (κ2) is 11.1. The summed E-state index contributed by atoms with van der Waals surface area (Å²) < 4.78 is 0. The van der Waals surface area contributed by atoms with Gasteiger partial charge >= 0.3 is 0 Å². The van der Waals surface area contributed by atoms with Crippen LogP contribution in [0.1, 0.15) is 97.8 Å². The van der Waals surface area contributed by atoms with Gasteiger partial charge < -0.3 is 5.32 Å². The van der Waals surface area contributed by atoms with E-state index in [1.54, 1.807) is 12.1 Å². The lowest BCUT2D eigenvalue weighted by Crippen LogP contribution is -2.38. The third kappa shape index (κ3) is 6.67. The van der Waals surface area contributed by atoms with E-state index < -0.39 is 5.41 Å². The molecule has 2 aliphatic rings. The summed E-state index contributed by atoms with van der Waals surface area (Å²) >= 11 is 13.7. The number of amides is 1. The molecule has 3 rings (SSSR count). The van der Waals surface area contributed by atoms with Gasteiger partial charge in [0.2, 0.25) is 5.91 Å². The number of rotatable bonds is 6. The first-order chi connectivity index (χ1) is 15.1. The van der Waals surface area contributed by atoms with Crippen LogP contribution in [0.15, 0.2) is 17.0 Å². The van der Waals surface area contributed by atoms with Crippen LogP contribution in [0.2, 0.25) is 10.0 Å². The fraction of sp³-hybridized carbons (Fsp3) is 0.692. The van der Waals surface area contributed by atoms with Crippen LogP contribution < -0.4 is 5.32 Å². The molecule has 32 heavy (non-hydrogen) atoms. The van der Waals surface area contributed by atoms with Crippen molar-refractivity contribution in [2.75, 3.05) is 5.32 Å². The van der Waals surface area contributed by atoms with Crippen molar-refractivity contribution >= 4 is 51.7 Å². The predicted molar refractivity (Wildman–Crippen MR) is 137 cm³/mol. The topological polar surface area (TPSA) is 46.2 Å². The molecule has 0 aromatic heterocycles. The summed E-state index contributed by atoms with van der Waals surface area (Å²) in [5.41, 5.74) is -0.227. The monoisotopic (exact) mass is 497 g/mol. The zero-order valence-corrected chi connectivity index (χ0v) is 22.0. The Morgan fingerprint density at radius 1 is 1.00 bits per heavy atom. The van der Waals surface area contributed by atoms with Crippen molar-refractivity contribution < 1.29 is 9.59 Å². The van der Waals surface area contributed by atoms with Crippen LogP contribution in [0, 0.1) is 16.7 Å². The van der Waals surface area contributed by atoms with Crippen LogP contribution >= 0.6 is 35.0 Å². The molecule has 0 aliphatic heterocycles. The highest BCUT2D eigenvalue weighted by atomic mass is 35.5. The van der Waals surface area contributed by atoms with Crippen molar-refractivity contribution in [2.45, 2.75) is 103 Å². The fourth-order valence-corrected chi connectivity index (χ4v) is 6.29. The maximum absolute atomic E-state index is 13.7. The van der Waals surface area contributed by atoms with Gasteiger partial charge in [0.15, 0.2) is 5.12 Å². The van der Waals surface area contributed by atoms with Crippen LogP contribution in [0.4, 0.5) is 5.69 Å². The van der Waals surface area contributed by atoms with Crippen molar-refractivity contribution in [3.05, 3.63) is 22.2 Å². The van der Waals surface area contributed by atoms with E-state index in [1.807, 2.05) is 20.8 Å². The fourth-order valence-electron chi connectivity index (χ4n) is 4.99. The number of nitrogens with one attached hydrogen (secondary N) is 1. The molecule has 2 aliphatic carbocycles. The molecule has 3 nitrogen and oxygen atoms in total. The molecule has 1 aromatic rings. The van der Waals surface area contributed by atoms with Crippen molar-refractivity contribution in [1.29, 1.82) is 0 Å². The van der Waals surface area contributed by atoms with E-state index in [2.05, 4.69) is 5.32 Å². The molecule has 178 valence electrons. The number of benzene rings is 1. The molecule has 6 heteroatoms. The zero-order valence-electron chi connectivity index (χ0n) is 19.7. The molecule has 0 bridgehead atoms. The van der Waals surface area contributed by atoms with Crippen molar-refractivity contribution in [3.8, 4) is 0 Å². The number of hydrogen-bond donors (Lipinski definition) is 1. The summed E-state index contributed by atoms with van der Waals surface area (Å²) in [6.45, 7) is 5.67. The van der Waals surface area contributed by atoms with E-state index in [0.717, 1.165) is 56.2 Å². The van der Waals surface area contributed by atoms with Crippen LogP contribution in [0.25, 0.3) is 0 Å². The van der Waals surface area contributed by atoms with Gasteiger partial charge in [0.25, 0.3) is 0 Å². The molecular formula is C26H37Cl2NO2S. The Bertz CT molecular complexity index is 822. The highest BCUT2D eigenvalue weighted by molar-refractivity contribution is 8.13. The van der Waals surface area contributed by atoms with Gasteiger partial charge in [-0.25, -0.2) is 0 Å². The second-order valence-corrected chi connectivity index (χ2v) is 12.6. The number of thioether (sulfide) groups is 1. The molecule has 1 amide bonds. The maximum atomic E-state index is 13.7. The van der Waals surface area contributed by atoms with Gasteiger partial charge in [-0.15, -0.1) is 0 Å². The van der Waals surface area contributed by atoms with E-state index in [9.17, 15) is 9.59 Å². The summed E-state index contributed by atoms with van der Waals surface area (Å²) in [5, 5.41) is 3.97. The standard InChI is InChI=1S/C26H37Cl2NO2S/c1-25(2,3)24(31)32-22-17-20(28)19(27)16-21(22)29-23(30)26(13-8-5-9-14-26)15-12-18-10-6-4-7-11-18/h16-18H,4-15H2,1-3H3,(H,29,30). The number of halogens is 2. The molecule has 1 N–H and O–H groups in total. The summed E-state index contributed by atoms with van der Waals surface area (Å²) in [4.78, 5) is 27.1. The second-order valence-electron chi connectivity index (χ2n) is 10.7. The molecule has 0 spiro atoms. The smallest absolute Gasteiger partial charge is 0.230 e. The molecule has 1 aromatic carbocycles. The van der Waals surface area contributed by atoms with Gasteiger partial charge in [0.1, 0.15) is 0 Å². The Hall–Kier alpha value is -0.710. The first-order valence-electron chi connectivity index (χ1n) is 12.1. The molecule has 2 fully saturated rings. The summed E-state index contributed by atoms with van der Waals surface area (Å²) in [6.07, 6.45) is 14.0. The molecule has 0 saturated heterocycles. The van der Waals surface area contributed by atoms with Crippen LogP contribution in [-0.4, -0.2) is 11.0 Å². The van der Waals surface area contributed by atoms with Gasteiger partial charge in [-0.3, -0.25) is 9.59 Å². The van der Waals surface area contributed by atoms with Gasteiger partial charge in [-0.1, -0.05) is 95.3 Å². The Kier molecular flexibility index (Phi) is 9.02. The maximum Gasteiger partial charge on any atom is 0.230 e. The van der Waals surface area contributed by atoms with Crippen LogP contribution in [0.5, 0.6) is 0 Å². The molecule has 0 radical (unpaired) electrons. The Morgan fingerprint density at radius 2 is 1.59 bits per heavy atom. The van der Waals surface area contributed by atoms with E-state index in [4.69, 9.17) is 23.2 Å². The first-order valence-corrected chi connectivity index (χ1v) is 13.7. The van der Waals surface area contributed by atoms with Crippen molar-refractivity contribution in [1.82, 2.24) is 0 Å². The Balaban J connectivity index is 1.80. The van der Waals surface area contributed by atoms with E-state index in [-0.39, 0.29) is 16.4 Å². The van der Waals surface area contributed by atoms with Crippen LogP contribution in [-0.2, 0) is 9.59 Å². The summed E-state index contributed by atoms with van der Waals surface area (Å²) in [7, 11) is 0. The zero-order chi connectivity index (χ0) is 23.4. The molecule has 0 heterocycles. The third-order valence-corrected chi connectivity index (χ3v) is 9.21. The number of carbonyl (C=O) groups excluding carboxylic acids is 2. The minimum absolute atomic E-state index is 0.0241. The predicted octanol–water partition coefficient (Wildman–Crippen LogP) is 8.91. The quantitative estimate of drug-likeness (QED) is 0.398. The number of hydrogen-bond acceptors (Lipinski definition) is 3. The largest absolute Gasteiger partial charge is 0.325 e. The summed E-state index contributed by atoms with van der Waals surface area (Å²) in [6, 6.07) is 3.39. The van der Waals surface area contributed by atoms with E-state index in [0.29, 0.717) is 20.6 Å². The minimum atomic E-state index is -0.497. The normalized spacial score (nSPS) is 19.5.